The minimum absolute atomic E-state index is 0. The number of hydrogen-bond acceptors (Lipinski definition) is 3. The van der Waals surface area contributed by atoms with Crippen LogP contribution in [0.3, 0.4) is 0 Å². The van der Waals surface area contributed by atoms with Gasteiger partial charge in [-0.25, -0.2) is 8.78 Å². The first-order valence-electron chi connectivity index (χ1n) is 9.44. The van der Waals surface area contributed by atoms with Gasteiger partial charge in [0.05, 0.1) is 11.3 Å². The predicted molar refractivity (Wildman–Crippen MR) is 115 cm³/mol. The molecule has 0 saturated heterocycles. The standard InChI is InChI=1S/C22H21F2N3O2.ClH/c1-2-27(8-7-13-11-26-20-6-3-14(23)9-17(13)20)15-10-18-16(22(25)28)4-5-19(24)21(18)29-12-15;/h3-6,9-11,26H,2,7-8,12H2,1H3,(H2,25,28);1H. The van der Waals surface area contributed by atoms with E-state index >= 15 is 0 Å². The summed E-state index contributed by atoms with van der Waals surface area (Å²) in [6.45, 7) is 3.56. The van der Waals surface area contributed by atoms with Gasteiger partial charge in [0, 0.05) is 35.8 Å². The largest absolute Gasteiger partial charge is 0.484 e. The number of aromatic nitrogens is 1. The lowest BCUT2D eigenvalue weighted by atomic mass is 10.0. The van der Waals surface area contributed by atoms with Crippen LogP contribution in [-0.2, 0) is 6.42 Å². The number of likely N-dealkylation sites (N-methyl/N-ethyl adjacent to an activating group) is 1. The van der Waals surface area contributed by atoms with Crippen LogP contribution in [0.15, 0.2) is 42.2 Å². The molecule has 0 fully saturated rings. The molecule has 3 aromatic rings. The molecule has 0 unspecified atom stereocenters. The molecular weight excluding hydrogens is 412 g/mol. The average molecular weight is 434 g/mol. The molecule has 5 nitrogen and oxygen atoms in total. The molecule has 1 aliphatic heterocycles. The molecule has 30 heavy (non-hydrogen) atoms. The number of carbonyl (C=O) groups is 1. The van der Waals surface area contributed by atoms with Crippen LogP contribution in [0, 0.1) is 11.6 Å². The van der Waals surface area contributed by atoms with Crippen LogP contribution in [0.4, 0.5) is 8.78 Å². The van der Waals surface area contributed by atoms with Crippen LogP contribution >= 0.6 is 12.4 Å². The van der Waals surface area contributed by atoms with E-state index in [1.54, 1.807) is 12.1 Å². The van der Waals surface area contributed by atoms with E-state index in [0.717, 1.165) is 22.2 Å². The Bertz CT molecular complexity index is 1130. The van der Waals surface area contributed by atoms with E-state index in [1.165, 1.54) is 24.3 Å². The molecule has 8 heteroatoms. The molecule has 0 aliphatic carbocycles. The van der Waals surface area contributed by atoms with Crippen molar-refractivity contribution in [3.63, 3.8) is 0 Å². The highest BCUT2D eigenvalue weighted by Gasteiger charge is 2.23. The number of rotatable bonds is 6. The number of ether oxygens (including phenoxy) is 1. The number of nitrogens with zero attached hydrogens (tertiary/aromatic N) is 1. The van der Waals surface area contributed by atoms with E-state index in [9.17, 15) is 13.6 Å². The molecule has 2 heterocycles. The van der Waals surface area contributed by atoms with E-state index in [1.807, 2.05) is 13.1 Å². The summed E-state index contributed by atoms with van der Waals surface area (Å²) in [6.07, 6.45) is 4.34. The summed E-state index contributed by atoms with van der Waals surface area (Å²) >= 11 is 0. The minimum atomic E-state index is -0.633. The monoisotopic (exact) mass is 433 g/mol. The number of H-pyrrole nitrogens is 1. The van der Waals surface area contributed by atoms with Crippen LogP contribution in [-0.4, -0.2) is 35.5 Å². The number of nitrogens with one attached hydrogen (secondary N) is 1. The Morgan fingerprint density at radius 3 is 2.80 bits per heavy atom. The van der Waals surface area contributed by atoms with E-state index < -0.39 is 11.7 Å². The summed E-state index contributed by atoms with van der Waals surface area (Å²) in [7, 11) is 0. The van der Waals surface area contributed by atoms with Crippen LogP contribution < -0.4 is 10.5 Å². The number of aromatic amines is 1. The fourth-order valence-electron chi connectivity index (χ4n) is 3.73. The number of hydrogen-bond donors (Lipinski definition) is 2. The molecular formula is C22H22ClF2N3O2. The lowest BCUT2D eigenvalue weighted by Gasteiger charge is -2.29. The van der Waals surface area contributed by atoms with Gasteiger partial charge in [-0.2, -0.15) is 0 Å². The molecule has 4 rings (SSSR count). The predicted octanol–water partition coefficient (Wildman–Crippen LogP) is 4.26. The summed E-state index contributed by atoms with van der Waals surface area (Å²) in [6, 6.07) is 7.23. The van der Waals surface area contributed by atoms with Gasteiger partial charge in [0.1, 0.15) is 12.4 Å². The molecule has 0 spiro atoms. The van der Waals surface area contributed by atoms with Crippen molar-refractivity contribution >= 4 is 35.3 Å². The van der Waals surface area contributed by atoms with Crippen molar-refractivity contribution < 1.29 is 18.3 Å². The van der Waals surface area contributed by atoms with Crippen molar-refractivity contribution in [3.8, 4) is 5.75 Å². The maximum atomic E-state index is 14.1. The molecule has 1 aromatic heterocycles. The van der Waals surface area contributed by atoms with Gasteiger partial charge >= 0.3 is 0 Å². The molecule has 3 N–H and O–H groups in total. The molecule has 2 aromatic carbocycles. The number of halogens is 3. The van der Waals surface area contributed by atoms with Crippen molar-refractivity contribution in [1.29, 1.82) is 0 Å². The molecule has 0 radical (unpaired) electrons. The second kappa shape index (κ2) is 8.75. The van der Waals surface area contributed by atoms with E-state index in [0.29, 0.717) is 25.1 Å². The van der Waals surface area contributed by atoms with Crippen molar-refractivity contribution in [2.75, 3.05) is 19.7 Å². The lowest BCUT2D eigenvalue weighted by Crippen LogP contribution is -2.30. The lowest BCUT2D eigenvalue weighted by molar-refractivity contribution is 0.0999. The maximum Gasteiger partial charge on any atom is 0.249 e. The molecule has 1 aliphatic rings. The van der Waals surface area contributed by atoms with Crippen LogP contribution in [0.5, 0.6) is 5.75 Å². The van der Waals surface area contributed by atoms with Crippen molar-refractivity contribution in [1.82, 2.24) is 9.88 Å². The number of fused-ring (bicyclic) bond motifs is 2. The van der Waals surface area contributed by atoms with Crippen molar-refractivity contribution in [3.05, 3.63) is 70.6 Å². The highest BCUT2D eigenvalue weighted by Crippen LogP contribution is 2.33. The van der Waals surface area contributed by atoms with Crippen molar-refractivity contribution in [2.24, 2.45) is 5.73 Å². The summed E-state index contributed by atoms with van der Waals surface area (Å²) < 4.78 is 33.3. The van der Waals surface area contributed by atoms with Gasteiger partial charge in [-0.1, -0.05) is 0 Å². The van der Waals surface area contributed by atoms with Crippen LogP contribution in [0.25, 0.3) is 17.0 Å². The molecule has 0 atom stereocenters. The zero-order chi connectivity index (χ0) is 20.5. The summed E-state index contributed by atoms with van der Waals surface area (Å²) in [5.74, 6) is -1.38. The van der Waals surface area contributed by atoms with Gasteiger partial charge in [-0.15, -0.1) is 12.4 Å². The van der Waals surface area contributed by atoms with E-state index in [-0.39, 0.29) is 36.1 Å². The number of nitrogens with two attached hydrogens (primary N) is 1. The Balaban J connectivity index is 0.00000256. The third-order valence-corrected chi connectivity index (χ3v) is 5.26. The van der Waals surface area contributed by atoms with Gasteiger partial charge in [0.25, 0.3) is 0 Å². The Kier molecular flexibility index (Phi) is 6.31. The first-order valence-corrected chi connectivity index (χ1v) is 9.44. The van der Waals surface area contributed by atoms with Gasteiger partial charge < -0.3 is 20.4 Å². The van der Waals surface area contributed by atoms with Gasteiger partial charge in [-0.3, -0.25) is 4.79 Å². The Morgan fingerprint density at radius 2 is 2.07 bits per heavy atom. The summed E-state index contributed by atoms with van der Waals surface area (Å²) in [5, 5.41) is 0.860. The molecule has 0 bridgehead atoms. The Labute approximate surface area is 178 Å². The smallest absolute Gasteiger partial charge is 0.249 e. The zero-order valence-electron chi connectivity index (χ0n) is 16.4. The number of carbonyl (C=O) groups excluding carboxylic acids is 1. The van der Waals surface area contributed by atoms with Gasteiger partial charge in [0.2, 0.25) is 5.91 Å². The molecule has 0 saturated carbocycles. The second-order valence-electron chi connectivity index (χ2n) is 6.96. The summed E-state index contributed by atoms with van der Waals surface area (Å²) in [4.78, 5) is 17.0. The maximum absolute atomic E-state index is 14.1. The van der Waals surface area contributed by atoms with Gasteiger partial charge in [0.15, 0.2) is 11.6 Å². The van der Waals surface area contributed by atoms with E-state index in [2.05, 4.69) is 9.88 Å². The highest BCUT2D eigenvalue weighted by atomic mass is 35.5. The Morgan fingerprint density at radius 1 is 1.27 bits per heavy atom. The quantitative estimate of drug-likeness (QED) is 0.610. The third-order valence-electron chi connectivity index (χ3n) is 5.26. The summed E-state index contributed by atoms with van der Waals surface area (Å²) in [5.41, 5.74) is 8.76. The van der Waals surface area contributed by atoms with Crippen LogP contribution in [0.2, 0.25) is 0 Å². The number of amides is 1. The average Bonchev–Trinajstić information content (AvgIpc) is 3.10. The Hall–Kier alpha value is -3.06. The first kappa shape index (κ1) is 21.6. The topological polar surface area (TPSA) is 71.3 Å². The number of benzene rings is 2. The number of primary amides is 1. The first-order chi connectivity index (χ1) is 14.0. The fourth-order valence-corrected chi connectivity index (χ4v) is 3.73. The van der Waals surface area contributed by atoms with E-state index in [4.69, 9.17) is 10.5 Å². The fraction of sp³-hybridized carbons (Fsp3) is 0.227. The highest BCUT2D eigenvalue weighted by molar-refractivity contribution is 5.98. The molecule has 158 valence electrons. The van der Waals surface area contributed by atoms with Gasteiger partial charge in [-0.05, 0) is 55.3 Å². The van der Waals surface area contributed by atoms with Crippen molar-refractivity contribution in [2.45, 2.75) is 13.3 Å². The minimum Gasteiger partial charge on any atom is -0.484 e. The molecule has 1 amide bonds. The second-order valence-corrected chi connectivity index (χ2v) is 6.96. The van der Waals surface area contributed by atoms with Crippen LogP contribution in [0.1, 0.15) is 28.4 Å². The third kappa shape index (κ3) is 3.98. The normalized spacial score (nSPS) is 12.6. The zero-order valence-corrected chi connectivity index (χ0v) is 17.2. The SMILES string of the molecule is CCN(CCc1c[nH]c2ccc(F)cc12)C1=Cc2c(C(N)=O)ccc(F)c2OC1.Cl.